The van der Waals surface area contributed by atoms with Crippen LogP contribution in [0, 0.1) is 17.3 Å². The van der Waals surface area contributed by atoms with E-state index in [9.17, 15) is 4.79 Å². The van der Waals surface area contributed by atoms with Crippen molar-refractivity contribution in [2.45, 2.75) is 27.2 Å². The second-order valence-electron chi connectivity index (χ2n) is 6.90. The SMILES string of the molecule is CC(C(=O)NCC(C)(C)Cc1cccc(Cl)c1)C1CNC1.Cl. The normalized spacial score (nSPS) is 16.4. The quantitative estimate of drug-likeness (QED) is 0.831. The van der Waals surface area contributed by atoms with Crippen LogP contribution in [0.3, 0.4) is 0 Å². The van der Waals surface area contributed by atoms with Crippen LogP contribution in [0.5, 0.6) is 0 Å². The lowest BCUT2D eigenvalue weighted by molar-refractivity contribution is -0.127. The number of amides is 1. The minimum Gasteiger partial charge on any atom is -0.355 e. The monoisotopic (exact) mass is 344 g/mol. The van der Waals surface area contributed by atoms with Crippen LogP contribution < -0.4 is 10.6 Å². The highest BCUT2D eigenvalue weighted by Gasteiger charge is 2.29. The first kappa shape index (κ1) is 19.3. The van der Waals surface area contributed by atoms with E-state index >= 15 is 0 Å². The number of benzene rings is 1. The van der Waals surface area contributed by atoms with Gasteiger partial charge in [-0.25, -0.2) is 0 Å². The summed E-state index contributed by atoms with van der Waals surface area (Å²) in [7, 11) is 0. The molecule has 5 heteroatoms. The minimum atomic E-state index is 0. The van der Waals surface area contributed by atoms with Crippen molar-refractivity contribution in [2.75, 3.05) is 19.6 Å². The summed E-state index contributed by atoms with van der Waals surface area (Å²) in [5.74, 6) is 0.745. The maximum atomic E-state index is 12.2. The summed E-state index contributed by atoms with van der Waals surface area (Å²) < 4.78 is 0. The van der Waals surface area contributed by atoms with Crippen LogP contribution in [-0.4, -0.2) is 25.5 Å². The molecule has 1 aliphatic rings. The molecule has 1 aromatic carbocycles. The highest BCUT2D eigenvalue weighted by molar-refractivity contribution is 6.30. The fraction of sp³-hybridized carbons (Fsp3) is 0.588. The maximum Gasteiger partial charge on any atom is 0.223 e. The van der Waals surface area contributed by atoms with Crippen LogP contribution in [0.25, 0.3) is 0 Å². The van der Waals surface area contributed by atoms with Crippen LogP contribution in [-0.2, 0) is 11.2 Å². The van der Waals surface area contributed by atoms with E-state index < -0.39 is 0 Å². The lowest BCUT2D eigenvalue weighted by atomic mass is 9.84. The van der Waals surface area contributed by atoms with Crippen molar-refractivity contribution in [3.8, 4) is 0 Å². The lowest BCUT2D eigenvalue weighted by Crippen LogP contribution is -2.50. The third kappa shape index (κ3) is 5.45. The predicted octanol–water partition coefficient (Wildman–Crippen LogP) is 3.30. The molecule has 0 saturated carbocycles. The van der Waals surface area contributed by atoms with E-state index in [1.807, 2.05) is 25.1 Å². The van der Waals surface area contributed by atoms with Crippen LogP contribution in [0.1, 0.15) is 26.3 Å². The van der Waals surface area contributed by atoms with Crippen molar-refractivity contribution in [2.24, 2.45) is 17.3 Å². The smallest absolute Gasteiger partial charge is 0.223 e. The second kappa shape index (κ2) is 8.19. The van der Waals surface area contributed by atoms with Gasteiger partial charge in [0.05, 0.1) is 0 Å². The third-order valence-electron chi connectivity index (χ3n) is 4.25. The molecular formula is C17H26Cl2N2O. The Bertz CT molecular complexity index is 501. The summed E-state index contributed by atoms with van der Waals surface area (Å²) in [5.41, 5.74) is 1.22. The molecule has 1 saturated heterocycles. The summed E-state index contributed by atoms with van der Waals surface area (Å²) in [6, 6.07) is 7.93. The summed E-state index contributed by atoms with van der Waals surface area (Å²) in [6.07, 6.45) is 0.896. The maximum absolute atomic E-state index is 12.2. The fourth-order valence-corrected chi connectivity index (χ4v) is 2.84. The molecule has 1 heterocycles. The predicted molar refractivity (Wildman–Crippen MR) is 94.7 cm³/mol. The first-order valence-corrected chi connectivity index (χ1v) is 7.98. The average molecular weight is 345 g/mol. The molecule has 1 fully saturated rings. The third-order valence-corrected chi connectivity index (χ3v) is 4.48. The zero-order valence-corrected chi connectivity index (χ0v) is 15.1. The number of halogens is 2. The molecule has 3 nitrogen and oxygen atoms in total. The number of hydrogen-bond donors (Lipinski definition) is 2. The number of carbonyl (C=O) groups excluding carboxylic acids is 1. The number of hydrogen-bond acceptors (Lipinski definition) is 2. The Morgan fingerprint density at radius 1 is 1.45 bits per heavy atom. The van der Waals surface area contributed by atoms with Gasteiger partial charge in [0.1, 0.15) is 0 Å². The van der Waals surface area contributed by atoms with E-state index in [0.29, 0.717) is 12.5 Å². The summed E-state index contributed by atoms with van der Waals surface area (Å²) in [5, 5.41) is 7.08. The molecule has 1 unspecified atom stereocenters. The molecule has 22 heavy (non-hydrogen) atoms. The molecule has 0 bridgehead atoms. The molecule has 1 aliphatic heterocycles. The Kier molecular flexibility index (Phi) is 7.17. The Balaban J connectivity index is 0.00000242. The van der Waals surface area contributed by atoms with Crippen LogP contribution in [0.4, 0.5) is 0 Å². The van der Waals surface area contributed by atoms with Gasteiger partial charge in [0, 0.05) is 17.5 Å². The number of nitrogens with one attached hydrogen (secondary N) is 2. The molecule has 1 aromatic rings. The first-order chi connectivity index (χ1) is 9.87. The van der Waals surface area contributed by atoms with Gasteiger partial charge in [0.25, 0.3) is 0 Å². The Morgan fingerprint density at radius 3 is 2.68 bits per heavy atom. The molecule has 1 amide bonds. The highest BCUT2D eigenvalue weighted by atomic mass is 35.5. The van der Waals surface area contributed by atoms with E-state index in [4.69, 9.17) is 11.6 Å². The van der Waals surface area contributed by atoms with E-state index in [0.717, 1.165) is 24.5 Å². The zero-order valence-electron chi connectivity index (χ0n) is 13.5. The summed E-state index contributed by atoms with van der Waals surface area (Å²) in [6.45, 7) is 8.96. The van der Waals surface area contributed by atoms with Crippen molar-refractivity contribution >= 4 is 29.9 Å². The van der Waals surface area contributed by atoms with Gasteiger partial charge in [-0.3, -0.25) is 4.79 Å². The van der Waals surface area contributed by atoms with Crippen molar-refractivity contribution < 1.29 is 4.79 Å². The van der Waals surface area contributed by atoms with E-state index in [2.05, 4.69) is 30.5 Å². The molecule has 0 spiro atoms. The van der Waals surface area contributed by atoms with Crippen molar-refractivity contribution in [3.05, 3.63) is 34.9 Å². The van der Waals surface area contributed by atoms with Gasteiger partial charge >= 0.3 is 0 Å². The van der Waals surface area contributed by atoms with Crippen LogP contribution >= 0.6 is 24.0 Å². The molecule has 0 aromatic heterocycles. The van der Waals surface area contributed by atoms with Crippen LogP contribution in [0.15, 0.2) is 24.3 Å². The van der Waals surface area contributed by atoms with Gasteiger partial charge in [0.15, 0.2) is 0 Å². The molecular weight excluding hydrogens is 319 g/mol. The molecule has 124 valence electrons. The average Bonchev–Trinajstić information content (AvgIpc) is 2.33. The van der Waals surface area contributed by atoms with Gasteiger partial charge in [-0.2, -0.15) is 0 Å². The van der Waals surface area contributed by atoms with Gasteiger partial charge < -0.3 is 10.6 Å². The number of carbonyl (C=O) groups is 1. The Morgan fingerprint density at radius 2 is 2.14 bits per heavy atom. The van der Waals surface area contributed by atoms with Gasteiger partial charge in [-0.05, 0) is 48.5 Å². The number of rotatable bonds is 6. The standard InChI is InChI=1S/C17H25ClN2O.ClH/c1-12(14-9-19-10-14)16(21)20-11-17(2,3)8-13-5-4-6-15(18)7-13;/h4-7,12,14,19H,8-11H2,1-3H3,(H,20,21);1H. The molecule has 2 N–H and O–H groups in total. The van der Waals surface area contributed by atoms with E-state index in [1.54, 1.807) is 0 Å². The topological polar surface area (TPSA) is 41.1 Å². The van der Waals surface area contributed by atoms with Gasteiger partial charge in [-0.15, -0.1) is 12.4 Å². The Hall–Kier alpha value is -0.770. The highest BCUT2D eigenvalue weighted by Crippen LogP contribution is 2.23. The summed E-state index contributed by atoms with van der Waals surface area (Å²) >= 11 is 6.02. The molecule has 0 radical (unpaired) electrons. The van der Waals surface area contributed by atoms with Crippen molar-refractivity contribution in [1.29, 1.82) is 0 Å². The molecule has 1 atom stereocenters. The largest absolute Gasteiger partial charge is 0.355 e. The summed E-state index contributed by atoms with van der Waals surface area (Å²) in [4.78, 5) is 12.2. The van der Waals surface area contributed by atoms with Gasteiger partial charge in [-0.1, -0.05) is 44.5 Å². The molecule has 2 rings (SSSR count). The van der Waals surface area contributed by atoms with E-state index in [1.165, 1.54) is 5.56 Å². The van der Waals surface area contributed by atoms with Crippen LogP contribution in [0.2, 0.25) is 5.02 Å². The first-order valence-electron chi connectivity index (χ1n) is 7.60. The zero-order chi connectivity index (χ0) is 15.5. The Labute approximate surface area is 144 Å². The van der Waals surface area contributed by atoms with Crippen molar-refractivity contribution in [1.82, 2.24) is 10.6 Å². The lowest BCUT2D eigenvalue weighted by Gasteiger charge is -2.33. The van der Waals surface area contributed by atoms with Crippen molar-refractivity contribution in [3.63, 3.8) is 0 Å². The fourth-order valence-electron chi connectivity index (χ4n) is 2.63. The molecule has 0 aliphatic carbocycles. The minimum absolute atomic E-state index is 0. The van der Waals surface area contributed by atoms with Gasteiger partial charge in [0.2, 0.25) is 5.91 Å². The second-order valence-corrected chi connectivity index (χ2v) is 7.33. The van der Waals surface area contributed by atoms with E-state index in [-0.39, 0.29) is 29.6 Å².